The van der Waals surface area contributed by atoms with Gasteiger partial charge in [0.05, 0.1) is 4.47 Å². The van der Waals surface area contributed by atoms with Crippen molar-refractivity contribution in [2.24, 2.45) is 5.73 Å². The Balaban J connectivity index is 3.25. The minimum absolute atomic E-state index is 0.141. The summed E-state index contributed by atoms with van der Waals surface area (Å²) in [5.74, 6) is 0.141. The van der Waals surface area contributed by atoms with Gasteiger partial charge in [-0.3, -0.25) is 0 Å². The standard InChI is InChI=1S/C9H11BrClNO/c1-2-7(12)8-6(11)4-3-5(10)9(8)13/h3-4,7,13H,2,12H2,1H3. The van der Waals surface area contributed by atoms with Crippen molar-refractivity contribution in [3.8, 4) is 5.75 Å². The zero-order valence-electron chi connectivity index (χ0n) is 7.22. The molecule has 1 unspecified atom stereocenters. The quantitative estimate of drug-likeness (QED) is 0.861. The van der Waals surface area contributed by atoms with E-state index in [1.807, 2.05) is 6.92 Å². The number of phenols is 1. The molecule has 0 fully saturated rings. The van der Waals surface area contributed by atoms with E-state index >= 15 is 0 Å². The van der Waals surface area contributed by atoms with E-state index in [9.17, 15) is 5.11 Å². The third-order valence-electron chi connectivity index (χ3n) is 1.93. The molecule has 0 aliphatic heterocycles. The highest BCUT2D eigenvalue weighted by atomic mass is 79.9. The second-order valence-electron chi connectivity index (χ2n) is 2.81. The second kappa shape index (κ2) is 4.31. The molecule has 0 saturated heterocycles. The van der Waals surface area contributed by atoms with Crippen molar-refractivity contribution in [1.29, 1.82) is 0 Å². The molecule has 2 nitrogen and oxygen atoms in total. The number of hydrogen-bond acceptors (Lipinski definition) is 2. The highest BCUT2D eigenvalue weighted by Crippen LogP contribution is 2.37. The van der Waals surface area contributed by atoms with Gasteiger partial charge in [0.25, 0.3) is 0 Å². The summed E-state index contributed by atoms with van der Waals surface area (Å²) in [6, 6.07) is 3.20. The van der Waals surface area contributed by atoms with Gasteiger partial charge in [-0.15, -0.1) is 0 Å². The smallest absolute Gasteiger partial charge is 0.136 e. The first kappa shape index (κ1) is 10.8. The fourth-order valence-corrected chi connectivity index (χ4v) is 1.75. The zero-order valence-corrected chi connectivity index (χ0v) is 9.56. The summed E-state index contributed by atoms with van der Waals surface area (Å²) in [4.78, 5) is 0. The van der Waals surface area contributed by atoms with Crippen molar-refractivity contribution in [2.75, 3.05) is 0 Å². The Morgan fingerprint density at radius 2 is 2.23 bits per heavy atom. The minimum Gasteiger partial charge on any atom is -0.506 e. The van der Waals surface area contributed by atoms with Crippen LogP contribution >= 0.6 is 27.5 Å². The van der Waals surface area contributed by atoms with E-state index < -0.39 is 0 Å². The van der Waals surface area contributed by atoms with E-state index in [1.54, 1.807) is 12.1 Å². The van der Waals surface area contributed by atoms with Gasteiger partial charge >= 0.3 is 0 Å². The molecule has 0 aromatic heterocycles. The molecule has 0 radical (unpaired) electrons. The second-order valence-corrected chi connectivity index (χ2v) is 4.07. The maximum absolute atomic E-state index is 9.67. The maximum Gasteiger partial charge on any atom is 0.136 e. The molecule has 1 aromatic carbocycles. The number of rotatable bonds is 2. The molecule has 0 heterocycles. The number of phenolic OH excluding ortho intramolecular Hbond substituents is 1. The van der Waals surface area contributed by atoms with Crippen LogP contribution < -0.4 is 5.73 Å². The lowest BCUT2D eigenvalue weighted by Crippen LogP contribution is -2.09. The molecule has 13 heavy (non-hydrogen) atoms. The highest BCUT2D eigenvalue weighted by Gasteiger charge is 2.15. The maximum atomic E-state index is 9.67. The predicted octanol–water partition coefficient (Wildman–Crippen LogP) is 3.22. The van der Waals surface area contributed by atoms with Crippen molar-refractivity contribution in [2.45, 2.75) is 19.4 Å². The van der Waals surface area contributed by atoms with Crippen LogP contribution in [-0.2, 0) is 0 Å². The minimum atomic E-state index is -0.218. The SMILES string of the molecule is CCC(N)c1c(Cl)ccc(Br)c1O. The molecule has 0 aliphatic carbocycles. The van der Waals surface area contributed by atoms with Gasteiger partial charge in [0.15, 0.2) is 0 Å². The van der Waals surface area contributed by atoms with Crippen molar-refractivity contribution in [1.82, 2.24) is 0 Å². The van der Waals surface area contributed by atoms with Crippen LogP contribution in [0.2, 0.25) is 5.02 Å². The molecule has 1 aromatic rings. The highest BCUT2D eigenvalue weighted by molar-refractivity contribution is 9.10. The van der Waals surface area contributed by atoms with E-state index in [2.05, 4.69) is 15.9 Å². The first-order valence-electron chi connectivity index (χ1n) is 4.00. The van der Waals surface area contributed by atoms with Crippen molar-refractivity contribution in [3.63, 3.8) is 0 Å². The van der Waals surface area contributed by atoms with Gasteiger partial charge in [-0.2, -0.15) is 0 Å². The van der Waals surface area contributed by atoms with Gasteiger partial charge in [0, 0.05) is 16.6 Å². The van der Waals surface area contributed by atoms with Gasteiger partial charge < -0.3 is 10.8 Å². The first-order chi connectivity index (χ1) is 6.07. The van der Waals surface area contributed by atoms with Gasteiger partial charge in [0.2, 0.25) is 0 Å². The lowest BCUT2D eigenvalue weighted by molar-refractivity contribution is 0.457. The molecule has 0 bridgehead atoms. The van der Waals surface area contributed by atoms with Crippen LogP contribution in [-0.4, -0.2) is 5.11 Å². The molecule has 1 rings (SSSR count). The number of nitrogens with two attached hydrogens (primary N) is 1. The van der Waals surface area contributed by atoms with Gasteiger partial charge in [-0.25, -0.2) is 0 Å². The van der Waals surface area contributed by atoms with Gasteiger partial charge in [-0.1, -0.05) is 18.5 Å². The Labute approximate surface area is 90.8 Å². The monoisotopic (exact) mass is 263 g/mol. The van der Waals surface area contributed by atoms with Crippen LogP contribution in [0.25, 0.3) is 0 Å². The summed E-state index contributed by atoms with van der Waals surface area (Å²) in [5, 5.41) is 10.2. The Kier molecular flexibility index (Phi) is 3.59. The molecule has 0 aliphatic rings. The molecule has 3 N–H and O–H groups in total. The third kappa shape index (κ3) is 2.16. The van der Waals surface area contributed by atoms with Crippen molar-refractivity contribution < 1.29 is 5.11 Å². The lowest BCUT2D eigenvalue weighted by Gasteiger charge is -2.14. The molecule has 0 saturated carbocycles. The molecular weight excluding hydrogens is 253 g/mol. The Morgan fingerprint density at radius 3 is 2.77 bits per heavy atom. The number of halogens is 2. The summed E-state index contributed by atoms with van der Waals surface area (Å²) >= 11 is 9.13. The van der Waals surface area contributed by atoms with Crippen LogP contribution in [0.3, 0.4) is 0 Å². The lowest BCUT2D eigenvalue weighted by atomic mass is 10.0. The van der Waals surface area contributed by atoms with E-state index in [0.29, 0.717) is 15.1 Å². The molecule has 4 heteroatoms. The third-order valence-corrected chi connectivity index (χ3v) is 2.89. The van der Waals surface area contributed by atoms with E-state index in [4.69, 9.17) is 17.3 Å². The fraction of sp³-hybridized carbons (Fsp3) is 0.333. The molecular formula is C9H11BrClNO. The molecule has 0 amide bonds. The molecule has 0 spiro atoms. The van der Waals surface area contributed by atoms with E-state index in [1.165, 1.54) is 0 Å². The Morgan fingerprint density at radius 1 is 1.62 bits per heavy atom. The number of hydrogen-bond donors (Lipinski definition) is 2. The average Bonchev–Trinajstić information content (AvgIpc) is 2.12. The normalized spacial score (nSPS) is 12.9. The Hall–Kier alpha value is -0.250. The summed E-state index contributed by atoms with van der Waals surface area (Å²) < 4.78 is 0.621. The van der Waals surface area contributed by atoms with Gasteiger partial charge in [-0.05, 0) is 34.5 Å². The summed E-state index contributed by atoms with van der Waals surface area (Å²) in [6.07, 6.45) is 0.740. The average molecular weight is 265 g/mol. The van der Waals surface area contributed by atoms with Crippen molar-refractivity contribution >= 4 is 27.5 Å². The molecule has 1 atom stereocenters. The number of benzene rings is 1. The van der Waals surface area contributed by atoms with Crippen LogP contribution in [0.15, 0.2) is 16.6 Å². The number of aromatic hydroxyl groups is 1. The predicted molar refractivity (Wildman–Crippen MR) is 58.0 cm³/mol. The van der Waals surface area contributed by atoms with Crippen LogP contribution in [0.1, 0.15) is 24.9 Å². The Bertz CT molecular complexity index is 317. The summed E-state index contributed by atoms with van der Waals surface area (Å²) in [5.41, 5.74) is 6.41. The van der Waals surface area contributed by atoms with Crippen molar-refractivity contribution in [3.05, 3.63) is 27.2 Å². The van der Waals surface area contributed by atoms with E-state index in [-0.39, 0.29) is 11.8 Å². The largest absolute Gasteiger partial charge is 0.506 e. The summed E-state index contributed by atoms with van der Waals surface area (Å²) in [7, 11) is 0. The summed E-state index contributed by atoms with van der Waals surface area (Å²) in [6.45, 7) is 1.95. The van der Waals surface area contributed by atoms with E-state index in [0.717, 1.165) is 6.42 Å². The zero-order chi connectivity index (χ0) is 10.0. The topological polar surface area (TPSA) is 46.2 Å². The van der Waals surface area contributed by atoms with Crippen LogP contribution in [0.5, 0.6) is 5.75 Å². The fourth-order valence-electron chi connectivity index (χ4n) is 1.11. The molecule has 72 valence electrons. The van der Waals surface area contributed by atoms with Crippen LogP contribution in [0.4, 0.5) is 0 Å². The first-order valence-corrected chi connectivity index (χ1v) is 5.17. The van der Waals surface area contributed by atoms with Gasteiger partial charge in [0.1, 0.15) is 5.75 Å². The van der Waals surface area contributed by atoms with Crippen LogP contribution in [0, 0.1) is 0 Å².